The zero-order chi connectivity index (χ0) is 23.3. The molecule has 2 fully saturated rings. The Balaban J connectivity index is 1.66. The predicted molar refractivity (Wildman–Crippen MR) is 120 cm³/mol. The molecule has 0 aromatic heterocycles. The van der Waals surface area contributed by atoms with Crippen molar-refractivity contribution < 1.29 is 23.9 Å². The largest absolute Gasteiger partial charge is 0.460 e. The molecule has 2 amide bonds. The van der Waals surface area contributed by atoms with Crippen molar-refractivity contribution >= 4 is 18.0 Å². The van der Waals surface area contributed by atoms with Crippen LogP contribution >= 0.6 is 0 Å². The molecule has 0 bridgehead atoms. The van der Waals surface area contributed by atoms with Gasteiger partial charge in [-0.15, -0.1) is 0 Å². The Labute approximate surface area is 190 Å². The summed E-state index contributed by atoms with van der Waals surface area (Å²) in [7, 11) is 0. The second kappa shape index (κ2) is 10.3. The van der Waals surface area contributed by atoms with Gasteiger partial charge in [0.15, 0.2) is 0 Å². The van der Waals surface area contributed by atoms with E-state index in [-0.39, 0.29) is 43.2 Å². The van der Waals surface area contributed by atoms with Gasteiger partial charge in [0.25, 0.3) is 0 Å². The summed E-state index contributed by atoms with van der Waals surface area (Å²) in [5.41, 5.74) is 0.346. The summed E-state index contributed by atoms with van der Waals surface area (Å²) in [6.45, 7) is 9.91. The van der Waals surface area contributed by atoms with E-state index in [1.165, 1.54) is 0 Å². The van der Waals surface area contributed by atoms with E-state index < -0.39 is 5.60 Å². The zero-order valence-corrected chi connectivity index (χ0v) is 19.6. The quantitative estimate of drug-likeness (QED) is 0.627. The zero-order valence-electron chi connectivity index (χ0n) is 19.6. The fourth-order valence-electron chi connectivity index (χ4n) is 4.15. The van der Waals surface area contributed by atoms with Gasteiger partial charge >= 0.3 is 12.1 Å². The third-order valence-electron chi connectivity index (χ3n) is 5.76. The van der Waals surface area contributed by atoms with E-state index in [1.807, 2.05) is 67.8 Å². The number of hydrogen-bond donors (Lipinski definition) is 0. The first kappa shape index (κ1) is 24.0. The average molecular weight is 446 g/mol. The first-order chi connectivity index (χ1) is 15.1. The molecule has 0 radical (unpaired) electrons. The number of nitrogens with zero attached hydrogens (tertiary/aromatic N) is 3. The molecule has 2 saturated heterocycles. The second-order valence-electron chi connectivity index (χ2n) is 9.65. The number of esters is 1. The van der Waals surface area contributed by atoms with Gasteiger partial charge in [-0.25, -0.2) is 4.79 Å². The molecule has 0 aliphatic carbocycles. The van der Waals surface area contributed by atoms with Gasteiger partial charge in [0, 0.05) is 44.7 Å². The fraction of sp³-hybridized carbons (Fsp3) is 0.625. The number of piperazine rings is 1. The Hall–Kier alpha value is -2.61. The van der Waals surface area contributed by atoms with Crippen molar-refractivity contribution in [2.24, 2.45) is 0 Å². The van der Waals surface area contributed by atoms with Crippen LogP contribution in [0.15, 0.2) is 30.3 Å². The Bertz CT molecular complexity index is 808. The molecule has 8 nitrogen and oxygen atoms in total. The summed E-state index contributed by atoms with van der Waals surface area (Å²) < 4.78 is 11.1. The van der Waals surface area contributed by atoms with Gasteiger partial charge in [-0.3, -0.25) is 14.5 Å². The maximum Gasteiger partial charge on any atom is 0.410 e. The van der Waals surface area contributed by atoms with Gasteiger partial charge in [-0.05, 0) is 39.7 Å². The van der Waals surface area contributed by atoms with E-state index in [4.69, 9.17) is 9.47 Å². The van der Waals surface area contributed by atoms with Crippen molar-refractivity contribution in [2.75, 3.05) is 32.7 Å². The van der Waals surface area contributed by atoms with E-state index in [2.05, 4.69) is 0 Å². The van der Waals surface area contributed by atoms with Crippen LogP contribution in [0.4, 0.5) is 4.79 Å². The van der Waals surface area contributed by atoms with Crippen LogP contribution in [0.2, 0.25) is 0 Å². The number of carbonyl (C=O) groups excluding carboxylic acids is 3. The highest BCUT2D eigenvalue weighted by Crippen LogP contribution is 2.21. The Morgan fingerprint density at radius 3 is 2.47 bits per heavy atom. The maximum absolute atomic E-state index is 12.8. The number of amides is 2. The lowest BCUT2D eigenvalue weighted by molar-refractivity contribution is -0.148. The summed E-state index contributed by atoms with van der Waals surface area (Å²) in [5.74, 6) is -0.191. The van der Waals surface area contributed by atoms with E-state index in [0.717, 1.165) is 12.0 Å². The summed E-state index contributed by atoms with van der Waals surface area (Å²) >= 11 is 0. The fourth-order valence-corrected chi connectivity index (χ4v) is 4.15. The van der Waals surface area contributed by atoms with E-state index in [1.54, 1.807) is 4.90 Å². The molecule has 1 aromatic carbocycles. The third-order valence-corrected chi connectivity index (χ3v) is 5.76. The minimum absolute atomic E-state index is 0.117. The number of rotatable bonds is 6. The monoisotopic (exact) mass is 445 g/mol. The Morgan fingerprint density at radius 1 is 1.12 bits per heavy atom. The lowest BCUT2D eigenvalue weighted by Crippen LogP contribution is -2.63. The molecule has 0 N–H and O–H groups in total. The molecule has 32 heavy (non-hydrogen) atoms. The lowest BCUT2D eigenvalue weighted by atomic mass is 10.1. The van der Waals surface area contributed by atoms with Crippen molar-refractivity contribution in [3.05, 3.63) is 35.9 Å². The first-order valence-corrected chi connectivity index (χ1v) is 11.3. The molecule has 2 atom stereocenters. The molecular formula is C24H35N3O5. The minimum Gasteiger partial charge on any atom is -0.460 e. The van der Waals surface area contributed by atoms with Gasteiger partial charge in [0.05, 0.1) is 6.54 Å². The molecule has 0 spiro atoms. The highest BCUT2D eigenvalue weighted by atomic mass is 16.6. The Kier molecular flexibility index (Phi) is 7.77. The van der Waals surface area contributed by atoms with Crippen LogP contribution in [0.3, 0.4) is 0 Å². The van der Waals surface area contributed by atoms with Crippen LogP contribution in [0.1, 0.15) is 46.1 Å². The number of benzene rings is 1. The number of likely N-dealkylation sites (tertiary alicyclic amines) is 1. The summed E-state index contributed by atoms with van der Waals surface area (Å²) in [4.78, 5) is 43.2. The van der Waals surface area contributed by atoms with Gasteiger partial charge in [-0.1, -0.05) is 30.3 Å². The van der Waals surface area contributed by atoms with Gasteiger partial charge in [0.1, 0.15) is 12.2 Å². The number of hydrogen-bond acceptors (Lipinski definition) is 6. The highest BCUT2D eigenvalue weighted by Gasteiger charge is 2.39. The van der Waals surface area contributed by atoms with Crippen LogP contribution in [0.25, 0.3) is 0 Å². The topological polar surface area (TPSA) is 79.4 Å². The summed E-state index contributed by atoms with van der Waals surface area (Å²) in [6.07, 6.45) is 1.03. The average Bonchev–Trinajstić information content (AvgIpc) is 3.12. The SMILES string of the molecule is C[C@@H]1CN(CC(=O)OCc2ccccc2)[C@@H](CN2CCCC2=O)CN1C(=O)OC(C)(C)C. The minimum atomic E-state index is -0.588. The van der Waals surface area contributed by atoms with Crippen LogP contribution in [-0.2, 0) is 25.7 Å². The molecular weight excluding hydrogens is 410 g/mol. The van der Waals surface area contributed by atoms with Crippen molar-refractivity contribution in [1.29, 1.82) is 0 Å². The normalized spacial score (nSPS) is 22.2. The van der Waals surface area contributed by atoms with Gasteiger partial charge in [0.2, 0.25) is 5.91 Å². The molecule has 2 aliphatic heterocycles. The molecule has 176 valence electrons. The van der Waals surface area contributed by atoms with Crippen molar-refractivity contribution in [3.63, 3.8) is 0 Å². The molecule has 1 aromatic rings. The van der Waals surface area contributed by atoms with E-state index >= 15 is 0 Å². The second-order valence-corrected chi connectivity index (χ2v) is 9.65. The predicted octanol–water partition coefficient (Wildman–Crippen LogP) is 2.66. The van der Waals surface area contributed by atoms with Crippen LogP contribution in [0.5, 0.6) is 0 Å². The molecule has 2 aliphatic rings. The molecule has 0 unspecified atom stereocenters. The van der Waals surface area contributed by atoms with Crippen LogP contribution in [0, 0.1) is 0 Å². The van der Waals surface area contributed by atoms with Crippen molar-refractivity contribution in [1.82, 2.24) is 14.7 Å². The van der Waals surface area contributed by atoms with Gasteiger partial charge < -0.3 is 19.3 Å². The van der Waals surface area contributed by atoms with Crippen LogP contribution in [-0.4, -0.2) is 83.1 Å². The van der Waals surface area contributed by atoms with E-state index in [9.17, 15) is 14.4 Å². The Morgan fingerprint density at radius 2 is 1.84 bits per heavy atom. The van der Waals surface area contributed by atoms with Crippen molar-refractivity contribution in [2.45, 2.75) is 64.8 Å². The molecule has 3 rings (SSSR count). The van der Waals surface area contributed by atoms with E-state index in [0.29, 0.717) is 32.6 Å². The number of carbonyl (C=O) groups is 3. The van der Waals surface area contributed by atoms with Crippen molar-refractivity contribution in [3.8, 4) is 0 Å². The third kappa shape index (κ3) is 6.69. The molecule has 0 saturated carbocycles. The summed E-state index contributed by atoms with van der Waals surface area (Å²) in [6, 6.07) is 9.27. The smallest absolute Gasteiger partial charge is 0.410 e. The van der Waals surface area contributed by atoms with Gasteiger partial charge in [-0.2, -0.15) is 0 Å². The lowest BCUT2D eigenvalue weighted by Gasteiger charge is -2.45. The number of ether oxygens (including phenoxy) is 2. The molecule has 2 heterocycles. The standard InChI is InChI=1S/C24H35N3O5/c1-18-13-26(16-22(29)31-17-19-9-6-5-7-10-19)20(14-25-12-8-11-21(25)28)15-27(18)23(30)32-24(2,3)4/h5-7,9-10,18,20H,8,11-17H2,1-4H3/t18-,20+/m1/s1. The highest BCUT2D eigenvalue weighted by molar-refractivity contribution is 5.78. The molecule has 8 heteroatoms. The maximum atomic E-state index is 12.8. The summed E-state index contributed by atoms with van der Waals surface area (Å²) in [5, 5.41) is 0. The first-order valence-electron chi connectivity index (χ1n) is 11.3. The van der Waals surface area contributed by atoms with Crippen LogP contribution < -0.4 is 0 Å².